The van der Waals surface area contributed by atoms with E-state index in [-0.39, 0.29) is 6.10 Å². The number of amides is 2. The molecular formula is C64H127N3O3. The van der Waals surface area contributed by atoms with Crippen LogP contribution in [0.25, 0.3) is 0 Å². The van der Waals surface area contributed by atoms with Crippen molar-refractivity contribution in [1.82, 2.24) is 14.7 Å². The van der Waals surface area contributed by atoms with Crippen molar-refractivity contribution >= 4 is 11.8 Å². The molecule has 70 heavy (non-hydrogen) atoms. The van der Waals surface area contributed by atoms with Crippen LogP contribution in [0.4, 0.5) is 0 Å². The predicted molar refractivity (Wildman–Crippen MR) is 308 cm³/mol. The monoisotopic (exact) mass is 986 g/mol. The van der Waals surface area contributed by atoms with Crippen molar-refractivity contribution in [3.05, 3.63) is 0 Å². The van der Waals surface area contributed by atoms with Gasteiger partial charge < -0.3 is 19.8 Å². The lowest BCUT2D eigenvalue weighted by molar-refractivity contribution is -0.132. The highest BCUT2D eigenvalue weighted by molar-refractivity contribution is 5.76. The Morgan fingerprint density at radius 2 is 0.586 bits per heavy atom. The van der Waals surface area contributed by atoms with Gasteiger partial charge in [0.1, 0.15) is 0 Å². The van der Waals surface area contributed by atoms with Crippen molar-refractivity contribution < 1.29 is 14.7 Å². The fourth-order valence-electron chi connectivity index (χ4n) is 11.3. The summed E-state index contributed by atoms with van der Waals surface area (Å²) in [5, 5.41) is 10.7. The molecule has 1 N–H and O–H groups in total. The minimum absolute atomic E-state index is 0.103. The highest BCUT2D eigenvalue weighted by atomic mass is 16.3. The molecule has 0 unspecified atom stereocenters. The summed E-state index contributed by atoms with van der Waals surface area (Å²) in [6.07, 6.45) is 61.2. The van der Waals surface area contributed by atoms with E-state index in [4.69, 9.17) is 0 Å². The Morgan fingerprint density at radius 3 is 0.886 bits per heavy atom. The van der Waals surface area contributed by atoms with E-state index >= 15 is 0 Å². The van der Waals surface area contributed by atoms with Crippen LogP contribution in [0.5, 0.6) is 0 Å². The second kappa shape index (κ2) is 52.7. The van der Waals surface area contributed by atoms with E-state index in [0.29, 0.717) is 17.7 Å². The average Bonchev–Trinajstić information content (AvgIpc) is 3.36. The van der Waals surface area contributed by atoms with Gasteiger partial charge in [-0.25, -0.2) is 0 Å². The van der Waals surface area contributed by atoms with E-state index in [0.717, 1.165) is 84.3 Å². The smallest absolute Gasteiger partial charge is 0.222 e. The first-order valence-corrected chi connectivity index (χ1v) is 32.4. The molecule has 0 aromatic heterocycles. The largest absolute Gasteiger partial charge is 0.393 e. The quantitative estimate of drug-likeness (QED) is 0.0617. The van der Waals surface area contributed by atoms with Gasteiger partial charge in [-0.05, 0) is 96.2 Å². The standard InChI is InChI=1S/C64H127N3O3/c1-5-9-13-17-21-25-35-45-56-66(57-46-36-26-22-18-14-10-6-2)63(69)51-39-31-29-33-43-54-65(60-53-61-49-41-42-50-62(61)68)55-44-34-30-32-40-52-64(70)67(58-47-37-27-23-19-15-11-7-3)59-48-38-28-24-20-16-12-8-4/h61-62,68H,5-60H2,1-4H3/t61-,62+/m1/s1. The van der Waals surface area contributed by atoms with E-state index in [1.807, 2.05) is 0 Å². The van der Waals surface area contributed by atoms with E-state index in [1.165, 1.54) is 276 Å². The average molecular weight is 987 g/mol. The summed E-state index contributed by atoms with van der Waals surface area (Å²) in [6, 6.07) is 0. The number of rotatable bonds is 55. The summed E-state index contributed by atoms with van der Waals surface area (Å²) in [5.41, 5.74) is 0. The van der Waals surface area contributed by atoms with Crippen LogP contribution < -0.4 is 0 Å². The molecule has 6 nitrogen and oxygen atoms in total. The van der Waals surface area contributed by atoms with Crippen molar-refractivity contribution in [1.29, 1.82) is 0 Å². The predicted octanol–water partition coefficient (Wildman–Crippen LogP) is 19.1. The number of carbonyl (C=O) groups is 2. The lowest BCUT2D eigenvalue weighted by Gasteiger charge is -2.30. The number of aliphatic hydroxyl groups is 1. The third kappa shape index (κ3) is 42.2. The molecule has 0 aliphatic heterocycles. The molecule has 1 aliphatic rings. The van der Waals surface area contributed by atoms with Crippen molar-refractivity contribution in [3.63, 3.8) is 0 Å². The van der Waals surface area contributed by atoms with E-state index in [1.54, 1.807) is 0 Å². The van der Waals surface area contributed by atoms with Crippen LogP contribution in [0.1, 0.15) is 342 Å². The summed E-state index contributed by atoms with van der Waals surface area (Å²) >= 11 is 0. The second-order valence-corrected chi connectivity index (χ2v) is 22.9. The summed E-state index contributed by atoms with van der Waals surface area (Å²) in [5.74, 6) is 1.31. The van der Waals surface area contributed by atoms with E-state index in [2.05, 4.69) is 42.4 Å². The number of aliphatic hydroxyl groups excluding tert-OH is 1. The molecule has 6 heteroatoms. The molecule has 1 aliphatic carbocycles. The Labute approximate surface area is 439 Å². The Hall–Kier alpha value is -1.14. The van der Waals surface area contributed by atoms with Gasteiger partial charge in [0.2, 0.25) is 11.8 Å². The fraction of sp³-hybridized carbons (Fsp3) is 0.969. The third-order valence-electron chi connectivity index (χ3n) is 16.2. The molecule has 0 aromatic rings. The van der Waals surface area contributed by atoms with Crippen LogP contribution in [0, 0.1) is 5.92 Å². The van der Waals surface area contributed by atoms with E-state index < -0.39 is 0 Å². The molecule has 0 aromatic carbocycles. The molecule has 1 fully saturated rings. The Kier molecular flexibility index (Phi) is 50.4. The van der Waals surface area contributed by atoms with Gasteiger partial charge in [-0.3, -0.25) is 9.59 Å². The van der Waals surface area contributed by atoms with Crippen molar-refractivity contribution in [2.75, 3.05) is 45.8 Å². The molecule has 1 saturated carbocycles. The Bertz CT molecular complexity index is 976. The molecule has 2 amide bonds. The topological polar surface area (TPSA) is 64.1 Å². The van der Waals surface area contributed by atoms with Gasteiger partial charge in [-0.1, -0.05) is 259 Å². The summed E-state index contributed by atoms with van der Waals surface area (Å²) < 4.78 is 0. The van der Waals surface area contributed by atoms with Crippen LogP contribution in [-0.2, 0) is 9.59 Å². The zero-order valence-corrected chi connectivity index (χ0v) is 48.4. The van der Waals surface area contributed by atoms with Crippen molar-refractivity contribution in [2.24, 2.45) is 5.92 Å². The highest BCUT2D eigenvalue weighted by Crippen LogP contribution is 2.27. The minimum Gasteiger partial charge on any atom is -0.393 e. The van der Waals surface area contributed by atoms with Gasteiger partial charge >= 0.3 is 0 Å². The van der Waals surface area contributed by atoms with Crippen molar-refractivity contribution in [3.8, 4) is 0 Å². The highest BCUT2D eigenvalue weighted by Gasteiger charge is 2.23. The molecule has 2 atom stereocenters. The van der Waals surface area contributed by atoms with Crippen LogP contribution in [0.15, 0.2) is 0 Å². The Balaban J connectivity index is 2.49. The second-order valence-electron chi connectivity index (χ2n) is 22.9. The SMILES string of the molecule is CCCCCCCCCCN(CCCCCCCCCC)C(=O)CCCCCCCN(CCCCCCCC(=O)N(CCCCCCCCCC)CCCCCCCCCC)CC[C@H]1CCCC[C@@H]1O. The zero-order chi connectivity index (χ0) is 50.6. The molecular weight excluding hydrogens is 859 g/mol. The first-order chi connectivity index (χ1) is 34.5. The van der Waals surface area contributed by atoms with Gasteiger partial charge in [0.05, 0.1) is 6.10 Å². The van der Waals surface area contributed by atoms with Crippen molar-refractivity contribution in [2.45, 2.75) is 348 Å². The normalized spacial score (nSPS) is 15.1. The van der Waals surface area contributed by atoms with Gasteiger partial charge in [-0.2, -0.15) is 0 Å². The lowest BCUT2D eigenvalue weighted by atomic mass is 9.84. The molecule has 416 valence electrons. The number of hydrogen-bond acceptors (Lipinski definition) is 4. The van der Waals surface area contributed by atoms with Gasteiger partial charge in [0.25, 0.3) is 0 Å². The molecule has 0 saturated heterocycles. The van der Waals surface area contributed by atoms with Gasteiger partial charge in [0, 0.05) is 39.0 Å². The van der Waals surface area contributed by atoms with Crippen LogP contribution in [-0.4, -0.2) is 83.5 Å². The van der Waals surface area contributed by atoms with Crippen LogP contribution in [0.2, 0.25) is 0 Å². The number of carbonyl (C=O) groups excluding carboxylic acids is 2. The summed E-state index contributed by atoms with van der Waals surface area (Å²) in [6.45, 7) is 16.5. The summed E-state index contributed by atoms with van der Waals surface area (Å²) in [7, 11) is 0. The molecule has 0 heterocycles. The van der Waals surface area contributed by atoms with Gasteiger partial charge in [0.15, 0.2) is 0 Å². The molecule has 1 rings (SSSR count). The zero-order valence-electron chi connectivity index (χ0n) is 48.4. The van der Waals surface area contributed by atoms with Crippen LogP contribution >= 0.6 is 0 Å². The molecule has 0 bridgehead atoms. The van der Waals surface area contributed by atoms with Crippen LogP contribution in [0.3, 0.4) is 0 Å². The number of unbranched alkanes of at least 4 members (excludes halogenated alkanes) is 36. The Morgan fingerprint density at radius 1 is 0.329 bits per heavy atom. The number of nitrogens with zero attached hydrogens (tertiary/aromatic N) is 3. The first-order valence-electron chi connectivity index (χ1n) is 32.4. The fourth-order valence-corrected chi connectivity index (χ4v) is 11.3. The lowest BCUT2D eigenvalue weighted by Crippen LogP contribution is -2.33. The maximum absolute atomic E-state index is 13.5. The van der Waals surface area contributed by atoms with E-state index in [9.17, 15) is 14.7 Å². The molecule has 0 radical (unpaired) electrons. The first kappa shape index (κ1) is 66.9. The molecule has 0 spiro atoms. The maximum atomic E-state index is 13.5. The minimum atomic E-state index is -0.103. The third-order valence-corrected chi connectivity index (χ3v) is 16.2. The number of hydrogen-bond donors (Lipinski definition) is 1. The maximum Gasteiger partial charge on any atom is 0.222 e. The summed E-state index contributed by atoms with van der Waals surface area (Å²) in [4.78, 5) is 34.2. The van der Waals surface area contributed by atoms with Gasteiger partial charge in [-0.15, -0.1) is 0 Å².